The van der Waals surface area contributed by atoms with Crippen LogP contribution in [0.5, 0.6) is 0 Å². The van der Waals surface area contributed by atoms with E-state index in [0.29, 0.717) is 5.41 Å². The van der Waals surface area contributed by atoms with E-state index in [1.54, 1.807) is 0 Å². The van der Waals surface area contributed by atoms with Gasteiger partial charge in [0.1, 0.15) is 0 Å². The van der Waals surface area contributed by atoms with Gasteiger partial charge in [0.25, 0.3) is 0 Å². The van der Waals surface area contributed by atoms with Crippen LogP contribution in [0.15, 0.2) is 15.9 Å². The summed E-state index contributed by atoms with van der Waals surface area (Å²) in [5, 5.41) is 5.83. The molecular formula is C15H26BrNS. The molecule has 0 fully saturated rings. The molecule has 0 atom stereocenters. The number of thiophene rings is 1. The predicted octanol–water partition coefficient (Wildman–Crippen LogP) is 5.11. The highest BCUT2D eigenvalue weighted by atomic mass is 79.9. The Morgan fingerprint density at radius 1 is 1.33 bits per heavy atom. The fourth-order valence-electron chi connectivity index (χ4n) is 2.23. The first-order chi connectivity index (χ1) is 8.53. The number of hydrogen-bond donors (Lipinski definition) is 1. The Labute approximate surface area is 125 Å². The van der Waals surface area contributed by atoms with Gasteiger partial charge in [0.15, 0.2) is 0 Å². The van der Waals surface area contributed by atoms with Gasteiger partial charge < -0.3 is 5.32 Å². The van der Waals surface area contributed by atoms with Crippen molar-refractivity contribution in [2.24, 2.45) is 11.3 Å². The van der Waals surface area contributed by atoms with Crippen LogP contribution in [0.1, 0.15) is 45.4 Å². The molecule has 1 N–H and O–H groups in total. The SMILES string of the molecule is CCC(CC)(CNCC(C)C)Cc1sccc1Br. The molecule has 0 amide bonds. The molecule has 0 aromatic carbocycles. The summed E-state index contributed by atoms with van der Waals surface area (Å²) in [6.45, 7) is 11.4. The first-order valence-electron chi connectivity index (χ1n) is 6.95. The highest BCUT2D eigenvalue weighted by Gasteiger charge is 2.27. The summed E-state index contributed by atoms with van der Waals surface area (Å²) < 4.78 is 1.28. The van der Waals surface area contributed by atoms with Gasteiger partial charge in [-0.1, -0.05) is 27.7 Å². The summed E-state index contributed by atoms with van der Waals surface area (Å²) in [7, 11) is 0. The van der Waals surface area contributed by atoms with Crippen LogP contribution >= 0.6 is 27.3 Å². The lowest BCUT2D eigenvalue weighted by Gasteiger charge is -2.32. The lowest BCUT2D eigenvalue weighted by molar-refractivity contribution is 0.244. The van der Waals surface area contributed by atoms with Crippen LogP contribution in [0.3, 0.4) is 0 Å². The van der Waals surface area contributed by atoms with Crippen molar-refractivity contribution in [1.29, 1.82) is 0 Å². The molecular weight excluding hydrogens is 306 g/mol. The zero-order valence-electron chi connectivity index (χ0n) is 12.1. The molecule has 0 bridgehead atoms. The van der Waals surface area contributed by atoms with E-state index in [1.807, 2.05) is 11.3 Å². The molecule has 1 aromatic rings. The highest BCUT2D eigenvalue weighted by Crippen LogP contribution is 2.35. The number of halogens is 1. The second-order valence-electron chi connectivity index (χ2n) is 5.60. The minimum Gasteiger partial charge on any atom is -0.316 e. The van der Waals surface area contributed by atoms with Crippen molar-refractivity contribution in [2.75, 3.05) is 13.1 Å². The Kier molecular flexibility index (Phi) is 6.89. The third kappa shape index (κ3) is 4.67. The van der Waals surface area contributed by atoms with Crippen molar-refractivity contribution >= 4 is 27.3 Å². The number of hydrogen-bond acceptors (Lipinski definition) is 2. The zero-order valence-corrected chi connectivity index (χ0v) is 14.5. The Morgan fingerprint density at radius 2 is 2.00 bits per heavy atom. The largest absolute Gasteiger partial charge is 0.316 e. The standard InChI is InChI=1S/C15H26BrNS/c1-5-15(6-2,11-17-10-12(3)4)9-14-13(16)7-8-18-14/h7-8,12,17H,5-6,9-11H2,1-4H3. The van der Waals surface area contributed by atoms with E-state index in [2.05, 4.69) is 60.4 Å². The molecule has 1 heterocycles. The van der Waals surface area contributed by atoms with Gasteiger partial charge in [-0.3, -0.25) is 0 Å². The molecule has 0 aliphatic rings. The third-order valence-electron chi connectivity index (χ3n) is 3.78. The van der Waals surface area contributed by atoms with Crippen molar-refractivity contribution in [2.45, 2.75) is 47.0 Å². The summed E-state index contributed by atoms with van der Waals surface area (Å²) in [5.74, 6) is 0.727. The first-order valence-corrected chi connectivity index (χ1v) is 8.63. The molecule has 104 valence electrons. The van der Waals surface area contributed by atoms with E-state index in [9.17, 15) is 0 Å². The van der Waals surface area contributed by atoms with Gasteiger partial charge in [0.05, 0.1) is 0 Å². The van der Waals surface area contributed by atoms with Gasteiger partial charge in [-0.15, -0.1) is 11.3 Å². The third-order valence-corrected chi connectivity index (χ3v) is 5.71. The lowest BCUT2D eigenvalue weighted by Crippen LogP contribution is -2.36. The van der Waals surface area contributed by atoms with Gasteiger partial charge in [-0.05, 0) is 64.5 Å². The van der Waals surface area contributed by atoms with Gasteiger partial charge in [-0.25, -0.2) is 0 Å². The highest BCUT2D eigenvalue weighted by molar-refractivity contribution is 9.10. The fourth-order valence-corrected chi connectivity index (χ4v) is 3.90. The monoisotopic (exact) mass is 331 g/mol. The van der Waals surface area contributed by atoms with Crippen molar-refractivity contribution in [1.82, 2.24) is 5.32 Å². The Morgan fingerprint density at radius 3 is 2.44 bits per heavy atom. The molecule has 0 saturated carbocycles. The van der Waals surface area contributed by atoms with Gasteiger partial charge in [0, 0.05) is 15.9 Å². The van der Waals surface area contributed by atoms with Gasteiger partial charge in [0.2, 0.25) is 0 Å². The van der Waals surface area contributed by atoms with Crippen LogP contribution < -0.4 is 5.32 Å². The Balaban J connectivity index is 2.65. The maximum Gasteiger partial charge on any atom is 0.0314 e. The fraction of sp³-hybridized carbons (Fsp3) is 0.733. The minimum atomic E-state index is 0.405. The van der Waals surface area contributed by atoms with Crippen molar-refractivity contribution in [3.63, 3.8) is 0 Å². The average Bonchev–Trinajstić information content (AvgIpc) is 2.73. The van der Waals surface area contributed by atoms with Crippen LogP contribution in [-0.2, 0) is 6.42 Å². The maximum absolute atomic E-state index is 3.66. The van der Waals surface area contributed by atoms with Crippen molar-refractivity contribution in [3.8, 4) is 0 Å². The first kappa shape index (κ1) is 16.2. The molecule has 0 radical (unpaired) electrons. The van der Waals surface area contributed by atoms with Crippen LogP contribution in [0.25, 0.3) is 0 Å². The Bertz CT molecular complexity index is 342. The second kappa shape index (κ2) is 7.66. The summed E-state index contributed by atoms with van der Waals surface area (Å²) in [4.78, 5) is 1.49. The van der Waals surface area contributed by atoms with E-state index in [4.69, 9.17) is 0 Å². The number of rotatable bonds is 8. The van der Waals surface area contributed by atoms with E-state index in [0.717, 1.165) is 19.0 Å². The smallest absolute Gasteiger partial charge is 0.0314 e. The van der Waals surface area contributed by atoms with Crippen LogP contribution in [0.2, 0.25) is 0 Å². The molecule has 1 aromatic heterocycles. The lowest BCUT2D eigenvalue weighted by atomic mass is 9.78. The molecule has 1 nitrogen and oxygen atoms in total. The maximum atomic E-state index is 3.66. The zero-order chi connectivity index (χ0) is 13.6. The van der Waals surface area contributed by atoms with E-state index in [-0.39, 0.29) is 0 Å². The molecule has 0 spiro atoms. The summed E-state index contributed by atoms with van der Waals surface area (Å²) in [5.41, 5.74) is 0.405. The van der Waals surface area contributed by atoms with E-state index in [1.165, 1.54) is 28.6 Å². The molecule has 0 aliphatic heterocycles. The summed E-state index contributed by atoms with van der Waals surface area (Å²) in [6, 6.07) is 2.16. The van der Waals surface area contributed by atoms with Crippen LogP contribution in [0.4, 0.5) is 0 Å². The average molecular weight is 332 g/mol. The normalized spacial score (nSPS) is 12.3. The topological polar surface area (TPSA) is 12.0 Å². The molecule has 18 heavy (non-hydrogen) atoms. The minimum absolute atomic E-state index is 0.405. The van der Waals surface area contributed by atoms with Gasteiger partial charge >= 0.3 is 0 Å². The van der Waals surface area contributed by atoms with Crippen molar-refractivity contribution in [3.05, 3.63) is 20.8 Å². The number of nitrogens with one attached hydrogen (secondary N) is 1. The second-order valence-corrected chi connectivity index (χ2v) is 7.46. The van der Waals surface area contributed by atoms with E-state index < -0.39 is 0 Å². The van der Waals surface area contributed by atoms with Crippen LogP contribution in [-0.4, -0.2) is 13.1 Å². The van der Waals surface area contributed by atoms with E-state index >= 15 is 0 Å². The summed E-state index contributed by atoms with van der Waals surface area (Å²) >= 11 is 5.53. The molecule has 0 saturated heterocycles. The Hall–Kier alpha value is 0.140. The quantitative estimate of drug-likeness (QED) is 0.698. The molecule has 0 aliphatic carbocycles. The van der Waals surface area contributed by atoms with Gasteiger partial charge in [-0.2, -0.15) is 0 Å². The predicted molar refractivity (Wildman–Crippen MR) is 86.4 cm³/mol. The summed E-state index contributed by atoms with van der Waals surface area (Å²) in [6.07, 6.45) is 3.65. The van der Waals surface area contributed by atoms with Crippen molar-refractivity contribution < 1.29 is 0 Å². The molecule has 3 heteroatoms. The molecule has 0 unspecified atom stereocenters. The van der Waals surface area contributed by atoms with Crippen LogP contribution in [0, 0.1) is 11.3 Å². The molecule has 1 rings (SSSR count).